The summed E-state index contributed by atoms with van der Waals surface area (Å²) in [4.78, 5) is 71.1. The smallest absolute Gasteiger partial charge is 0.315 e. The van der Waals surface area contributed by atoms with E-state index < -0.39 is 62.7 Å². The molecular weight excluding hydrogens is 709 g/mol. The fraction of sp³-hybridized carbons (Fsp3) is 0.875. The van der Waals surface area contributed by atoms with Crippen LogP contribution < -0.4 is 21.3 Å². The second-order valence-electron chi connectivity index (χ2n) is 18.8. The maximum atomic E-state index is 15.0. The minimum Gasteiger partial charge on any atom is -0.347 e. The third-order valence-corrected chi connectivity index (χ3v) is 16.0. The van der Waals surface area contributed by atoms with E-state index in [-0.39, 0.29) is 47.0 Å². The van der Waals surface area contributed by atoms with Gasteiger partial charge in [-0.3, -0.25) is 19.2 Å². The molecule has 6 aliphatic rings. The molecule has 0 spiro atoms. The minimum atomic E-state index is -3.69. The number of rotatable bonds is 16. The van der Waals surface area contributed by atoms with Crippen LogP contribution in [0.5, 0.6) is 0 Å². The maximum absolute atomic E-state index is 15.0. The Kier molecular flexibility index (Phi) is 11.9. The summed E-state index contributed by atoms with van der Waals surface area (Å²) in [5.41, 5.74) is -1.73. The standard InChI is InChI=1S/C40H66N6O7S/c1-7-14-29(32(47)35(49)41-26-15-16-26)42-34(48)31-30-28(38(30,4)5)23-45(31)36(50)33(39(6)19-10-8-11-20-39)43-37(51)44-40(21-12-9-13-22-40)24-54(52,53)46(25(2)3)27-17-18-27/h25-31,33H,7-24H2,1-6H3,(H,41,49)(H,42,48)(H2,43,44,51)/t28-,29-,30-,31-,33+/m0/s1. The summed E-state index contributed by atoms with van der Waals surface area (Å²) < 4.78 is 29.5. The molecule has 5 aliphatic carbocycles. The molecule has 0 unspecified atom stereocenters. The average Bonchev–Trinajstić information content (AvgIpc) is 4.06. The predicted octanol–water partition coefficient (Wildman–Crippen LogP) is 4.15. The highest BCUT2D eigenvalue weighted by Gasteiger charge is 2.70. The lowest BCUT2D eigenvalue weighted by Crippen LogP contribution is -2.65. The molecule has 5 atom stereocenters. The summed E-state index contributed by atoms with van der Waals surface area (Å²) in [5, 5.41) is 11.9. The van der Waals surface area contributed by atoms with E-state index in [4.69, 9.17) is 0 Å². The third kappa shape index (κ3) is 8.64. The summed E-state index contributed by atoms with van der Waals surface area (Å²) in [6.45, 7) is 12.3. The van der Waals surface area contributed by atoms with Crippen LogP contribution in [0, 0.1) is 22.7 Å². The lowest BCUT2D eigenvalue weighted by molar-refractivity contribution is -0.146. The van der Waals surface area contributed by atoms with Gasteiger partial charge in [0.2, 0.25) is 27.6 Å². The van der Waals surface area contributed by atoms with Gasteiger partial charge in [-0.15, -0.1) is 0 Å². The Morgan fingerprint density at radius 3 is 2.02 bits per heavy atom. The zero-order valence-corrected chi connectivity index (χ0v) is 34.3. The van der Waals surface area contributed by atoms with Gasteiger partial charge in [0.25, 0.3) is 5.91 Å². The Hall–Kier alpha value is -2.74. The van der Waals surface area contributed by atoms with E-state index >= 15 is 0 Å². The van der Waals surface area contributed by atoms with Crippen LogP contribution >= 0.6 is 0 Å². The van der Waals surface area contributed by atoms with Crippen LogP contribution in [0.3, 0.4) is 0 Å². The first-order chi connectivity index (χ1) is 25.4. The number of carbonyl (C=O) groups excluding carboxylic acids is 5. The zero-order valence-electron chi connectivity index (χ0n) is 33.5. The average molecular weight is 775 g/mol. The van der Waals surface area contributed by atoms with E-state index in [1.807, 2.05) is 27.7 Å². The Balaban J connectivity index is 1.23. The first kappa shape index (κ1) is 40.9. The molecule has 6 rings (SSSR count). The van der Waals surface area contributed by atoms with Crippen LogP contribution in [-0.2, 0) is 29.2 Å². The van der Waals surface area contributed by atoms with E-state index in [1.165, 1.54) is 0 Å². The fourth-order valence-electron chi connectivity index (χ4n) is 10.3. The molecule has 0 bridgehead atoms. The van der Waals surface area contributed by atoms with Crippen molar-refractivity contribution in [3.05, 3.63) is 0 Å². The number of hydrogen-bond donors (Lipinski definition) is 4. The van der Waals surface area contributed by atoms with Crippen LogP contribution in [0.2, 0.25) is 0 Å². The number of hydrogen-bond acceptors (Lipinski definition) is 7. The van der Waals surface area contributed by atoms with E-state index in [2.05, 4.69) is 35.1 Å². The molecule has 54 heavy (non-hydrogen) atoms. The summed E-state index contributed by atoms with van der Waals surface area (Å²) in [6.07, 6.45) is 12.2. The second kappa shape index (κ2) is 15.7. The Labute approximate surface area is 322 Å². The topological polar surface area (TPSA) is 174 Å². The fourth-order valence-corrected chi connectivity index (χ4v) is 12.8. The number of sulfonamides is 1. The number of nitrogens with one attached hydrogen (secondary N) is 4. The summed E-state index contributed by atoms with van der Waals surface area (Å²) in [5.74, 6) is -2.35. The van der Waals surface area contributed by atoms with E-state index in [0.29, 0.717) is 32.2 Å². The van der Waals surface area contributed by atoms with Gasteiger partial charge < -0.3 is 26.2 Å². The van der Waals surface area contributed by atoms with Gasteiger partial charge in [-0.25, -0.2) is 13.2 Å². The van der Waals surface area contributed by atoms with Gasteiger partial charge in [0.05, 0.1) is 17.3 Å². The zero-order chi connectivity index (χ0) is 39.2. The molecule has 4 N–H and O–H groups in total. The second-order valence-corrected chi connectivity index (χ2v) is 20.7. The lowest BCUT2D eigenvalue weighted by atomic mass is 9.70. The Morgan fingerprint density at radius 1 is 0.852 bits per heavy atom. The van der Waals surface area contributed by atoms with Crippen molar-refractivity contribution in [3.8, 4) is 0 Å². The molecule has 0 aromatic rings. The van der Waals surface area contributed by atoms with Crippen molar-refractivity contribution in [3.63, 3.8) is 0 Å². The lowest BCUT2D eigenvalue weighted by Gasteiger charge is -2.44. The first-order valence-corrected chi connectivity index (χ1v) is 22.6. The molecule has 5 saturated carbocycles. The van der Waals surface area contributed by atoms with Gasteiger partial charge in [-0.2, -0.15) is 4.31 Å². The maximum Gasteiger partial charge on any atom is 0.315 e. The molecule has 13 nitrogen and oxygen atoms in total. The van der Waals surface area contributed by atoms with Crippen molar-refractivity contribution in [2.24, 2.45) is 22.7 Å². The van der Waals surface area contributed by atoms with Gasteiger partial charge >= 0.3 is 6.03 Å². The molecule has 1 aliphatic heterocycles. The molecule has 304 valence electrons. The third-order valence-electron chi connectivity index (χ3n) is 13.7. The van der Waals surface area contributed by atoms with E-state index in [1.54, 1.807) is 9.21 Å². The Bertz CT molecular complexity index is 1560. The summed E-state index contributed by atoms with van der Waals surface area (Å²) >= 11 is 0. The molecule has 14 heteroatoms. The largest absolute Gasteiger partial charge is 0.347 e. The van der Waals surface area contributed by atoms with Crippen LogP contribution in [0.25, 0.3) is 0 Å². The SMILES string of the molecule is CCC[C@H](NC(=O)[C@@H]1[C@@H]2[C@H](CN1C(=O)[C@@H](NC(=O)NC1(CS(=O)(=O)N(C(C)C)C3CC3)CCCCC1)C1(C)CCCCC1)C2(C)C)C(=O)C(=O)NC1CC1. The number of ketones is 1. The molecule has 0 radical (unpaired) electrons. The van der Waals surface area contributed by atoms with Crippen molar-refractivity contribution in [2.75, 3.05) is 12.3 Å². The van der Waals surface area contributed by atoms with Crippen molar-refractivity contribution < 1.29 is 32.4 Å². The van der Waals surface area contributed by atoms with Gasteiger partial charge in [-0.05, 0) is 94.3 Å². The van der Waals surface area contributed by atoms with Crippen molar-refractivity contribution in [1.82, 2.24) is 30.5 Å². The normalized spacial score (nSPS) is 28.1. The number of piperidine rings is 1. The van der Waals surface area contributed by atoms with Crippen LogP contribution in [-0.4, -0.2) is 101 Å². The number of Topliss-reactive ketones (excluding diaryl/α,β-unsaturated/α-hetero) is 1. The van der Waals surface area contributed by atoms with E-state index in [0.717, 1.165) is 77.0 Å². The number of nitrogens with zero attached hydrogens (tertiary/aromatic N) is 2. The molecule has 6 fully saturated rings. The van der Waals surface area contributed by atoms with Crippen LogP contribution in [0.15, 0.2) is 0 Å². The Morgan fingerprint density at radius 2 is 1.46 bits per heavy atom. The summed E-state index contributed by atoms with van der Waals surface area (Å²) in [6, 6.07) is -3.51. The van der Waals surface area contributed by atoms with Gasteiger partial charge in [-0.1, -0.05) is 72.6 Å². The van der Waals surface area contributed by atoms with Gasteiger partial charge in [0.1, 0.15) is 12.1 Å². The first-order valence-electron chi connectivity index (χ1n) is 21.0. The van der Waals surface area contributed by atoms with Gasteiger partial charge in [0.15, 0.2) is 0 Å². The number of carbonyl (C=O) groups is 5. The number of urea groups is 1. The molecule has 0 aromatic heterocycles. The predicted molar refractivity (Wildman–Crippen MR) is 206 cm³/mol. The minimum absolute atomic E-state index is 0.00745. The highest BCUT2D eigenvalue weighted by atomic mass is 32.2. The number of amides is 5. The number of likely N-dealkylation sites (tertiary alicyclic amines) is 1. The highest BCUT2D eigenvalue weighted by Crippen LogP contribution is 2.65. The molecular formula is C40H66N6O7S. The molecule has 1 heterocycles. The van der Waals surface area contributed by atoms with Crippen molar-refractivity contribution in [1.29, 1.82) is 0 Å². The molecule has 1 saturated heterocycles. The quantitative estimate of drug-likeness (QED) is 0.171. The molecule has 5 amide bonds. The summed E-state index contributed by atoms with van der Waals surface area (Å²) in [7, 11) is -3.69. The highest BCUT2D eigenvalue weighted by molar-refractivity contribution is 7.89. The van der Waals surface area contributed by atoms with Crippen molar-refractivity contribution >= 4 is 39.6 Å². The van der Waals surface area contributed by atoms with Crippen LogP contribution in [0.1, 0.15) is 144 Å². The van der Waals surface area contributed by atoms with Crippen molar-refractivity contribution in [2.45, 2.75) is 186 Å². The van der Waals surface area contributed by atoms with Crippen LogP contribution in [0.4, 0.5) is 4.79 Å². The molecule has 0 aromatic carbocycles. The van der Waals surface area contributed by atoms with Gasteiger partial charge in [0, 0.05) is 24.7 Å². The van der Waals surface area contributed by atoms with E-state index in [9.17, 15) is 32.4 Å². The number of fused-ring (bicyclic) bond motifs is 1. The monoisotopic (exact) mass is 774 g/mol.